The molecule has 4 nitrogen and oxygen atoms in total. The largest absolute Gasteiger partial charge is 0.375 e. The van der Waals surface area contributed by atoms with Gasteiger partial charge in [0.15, 0.2) is 0 Å². The molecule has 0 saturated heterocycles. The molecule has 1 unspecified atom stereocenters. The zero-order valence-electron chi connectivity index (χ0n) is 8.93. The van der Waals surface area contributed by atoms with E-state index in [4.69, 9.17) is 15.7 Å². The Morgan fingerprint density at radius 3 is 2.69 bits per heavy atom. The maximum atomic E-state index is 10.6. The van der Waals surface area contributed by atoms with Crippen molar-refractivity contribution in [2.75, 3.05) is 6.61 Å². The van der Waals surface area contributed by atoms with Crippen LogP contribution in [0.1, 0.15) is 12.0 Å². The number of nitrogens with zero attached hydrogens (tertiary/aromatic N) is 1. The fourth-order valence-electron chi connectivity index (χ4n) is 1.28. The van der Waals surface area contributed by atoms with Crippen molar-refractivity contribution in [1.82, 2.24) is 0 Å². The molecule has 1 aromatic carbocycles. The Morgan fingerprint density at radius 2 is 2.12 bits per heavy atom. The zero-order chi connectivity index (χ0) is 11.8. The normalized spacial score (nSPS) is 11.7. The summed E-state index contributed by atoms with van der Waals surface area (Å²) in [6, 6.07) is 11.6. The van der Waals surface area contributed by atoms with E-state index in [1.54, 1.807) is 0 Å². The van der Waals surface area contributed by atoms with Gasteiger partial charge in [0.25, 0.3) is 0 Å². The van der Waals surface area contributed by atoms with Crippen LogP contribution in [0.25, 0.3) is 0 Å². The molecule has 0 spiro atoms. The van der Waals surface area contributed by atoms with Crippen molar-refractivity contribution in [3.8, 4) is 6.07 Å². The van der Waals surface area contributed by atoms with Crippen molar-refractivity contribution in [1.29, 1.82) is 5.26 Å². The molecule has 1 atom stereocenters. The molecule has 2 N–H and O–H groups in total. The van der Waals surface area contributed by atoms with Crippen molar-refractivity contribution >= 4 is 5.91 Å². The highest BCUT2D eigenvalue weighted by atomic mass is 16.5. The van der Waals surface area contributed by atoms with E-state index in [1.165, 1.54) is 0 Å². The Bertz CT molecular complexity index is 370. The van der Waals surface area contributed by atoms with Crippen LogP contribution in [0.4, 0.5) is 0 Å². The number of carbonyl (C=O) groups is 1. The SMILES string of the molecule is N#CC(COCc1ccccc1)CC(N)=O. The molecule has 0 aromatic heterocycles. The van der Waals surface area contributed by atoms with Crippen LogP contribution in [0, 0.1) is 17.2 Å². The van der Waals surface area contributed by atoms with Gasteiger partial charge in [0.2, 0.25) is 5.91 Å². The van der Waals surface area contributed by atoms with Crippen LogP contribution in [0.5, 0.6) is 0 Å². The maximum absolute atomic E-state index is 10.6. The molecule has 16 heavy (non-hydrogen) atoms. The third-order valence-corrected chi connectivity index (χ3v) is 2.06. The van der Waals surface area contributed by atoms with Crippen LogP contribution in [-0.4, -0.2) is 12.5 Å². The Labute approximate surface area is 94.6 Å². The lowest BCUT2D eigenvalue weighted by atomic mass is 10.1. The van der Waals surface area contributed by atoms with Crippen LogP contribution in [-0.2, 0) is 16.1 Å². The lowest BCUT2D eigenvalue weighted by Gasteiger charge is -2.07. The Morgan fingerprint density at radius 1 is 1.44 bits per heavy atom. The third-order valence-electron chi connectivity index (χ3n) is 2.06. The molecule has 0 aliphatic rings. The molecule has 0 fully saturated rings. The van der Waals surface area contributed by atoms with Crippen LogP contribution < -0.4 is 5.73 Å². The molecule has 0 radical (unpaired) electrons. The van der Waals surface area contributed by atoms with Gasteiger partial charge in [-0.05, 0) is 5.56 Å². The lowest BCUT2D eigenvalue weighted by Crippen LogP contribution is -2.18. The number of amides is 1. The van der Waals surface area contributed by atoms with Crippen LogP contribution in [0.15, 0.2) is 30.3 Å². The fourth-order valence-corrected chi connectivity index (χ4v) is 1.28. The number of nitriles is 1. The minimum Gasteiger partial charge on any atom is -0.375 e. The summed E-state index contributed by atoms with van der Waals surface area (Å²) < 4.78 is 5.34. The molecule has 0 aliphatic carbocycles. The molecule has 1 rings (SSSR count). The number of primary amides is 1. The topological polar surface area (TPSA) is 76.1 Å². The number of hydrogen-bond acceptors (Lipinski definition) is 3. The summed E-state index contributed by atoms with van der Waals surface area (Å²) in [4.78, 5) is 10.6. The molecule has 0 heterocycles. The highest BCUT2D eigenvalue weighted by Gasteiger charge is 2.10. The average molecular weight is 218 g/mol. The number of nitrogens with two attached hydrogens (primary N) is 1. The summed E-state index contributed by atoms with van der Waals surface area (Å²) in [6.07, 6.45) is 0.0469. The second-order valence-electron chi connectivity index (χ2n) is 3.50. The van der Waals surface area contributed by atoms with Crippen molar-refractivity contribution in [2.45, 2.75) is 13.0 Å². The number of ether oxygens (including phenoxy) is 1. The number of hydrogen-bond donors (Lipinski definition) is 1. The second kappa shape index (κ2) is 6.59. The van der Waals surface area contributed by atoms with E-state index < -0.39 is 11.8 Å². The van der Waals surface area contributed by atoms with Gasteiger partial charge < -0.3 is 10.5 Å². The quantitative estimate of drug-likeness (QED) is 0.779. The smallest absolute Gasteiger partial charge is 0.218 e. The van der Waals surface area contributed by atoms with Gasteiger partial charge in [0.05, 0.1) is 25.2 Å². The standard InChI is InChI=1S/C12H14N2O2/c13-7-11(6-12(14)15)9-16-8-10-4-2-1-3-5-10/h1-5,11H,6,8-9H2,(H2,14,15). The van der Waals surface area contributed by atoms with Crippen molar-refractivity contribution in [3.63, 3.8) is 0 Å². The third kappa shape index (κ3) is 4.58. The van der Waals surface area contributed by atoms with Gasteiger partial charge in [0, 0.05) is 6.42 Å². The van der Waals surface area contributed by atoms with E-state index in [0.29, 0.717) is 6.61 Å². The van der Waals surface area contributed by atoms with Crippen molar-refractivity contribution in [2.24, 2.45) is 11.7 Å². The van der Waals surface area contributed by atoms with E-state index in [2.05, 4.69) is 0 Å². The minimum absolute atomic E-state index is 0.0469. The summed E-state index contributed by atoms with van der Waals surface area (Å²) in [6.45, 7) is 0.673. The number of benzene rings is 1. The Hall–Kier alpha value is -1.86. The van der Waals surface area contributed by atoms with E-state index in [9.17, 15) is 4.79 Å². The summed E-state index contributed by atoms with van der Waals surface area (Å²) in [5.74, 6) is -0.934. The van der Waals surface area contributed by atoms with E-state index in [1.807, 2.05) is 36.4 Å². The number of carbonyl (C=O) groups excluding carboxylic acids is 1. The Balaban J connectivity index is 2.29. The van der Waals surface area contributed by atoms with E-state index >= 15 is 0 Å². The summed E-state index contributed by atoms with van der Waals surface area (Å²) in [7, 11) is 0. The predicted octanol–water partition coefficient (Wildman–Crippen LogP) is 1.22. The molecular formula is C12H14N2O2. The monoisotopic (exact) mass is 218 g/mol. The van der Waals surface area contributed by atoms with Gasteiger partial charge in [-0.25, -0.2) is 0 Å². The highest BCUT2D eigenvalue weighted by molar-refractivity contribution is 5.74. The molecule has 0 aliphatic heterocycles. The van der Waals surface area contributed by atoms with Crippen LogP contribution in [0.2, 0.25) is 0 Å². The first kappa shape index (κ1) is 12.2. The minimum atomic E-state index is -0.477. The average Bonchev–Trinajstić information content (AvgIpc) is 2.28. The lowest BCUT2D eigenvalue weighted by molar-refractivity contribution is -0.119. The van der Waals surface area contributed by atoms with Gasteiger partial charge in [-0.3, -0.25) is 4.79 Å². The van der Waals surface area contributed by atoms with E-state index in [0.717, 1.165) is 5.56 Å². The first-order valence-corrected chi connectivity index (χ1v) is 5.02. The molecule has 0 saturated carbocycles. The molecular weight excluding hydrogens is 204 g/mol. The van der Waals surface area contributed by atoms with Crippen LogP contribution >= 0.6 is 0 Å². The molecule has 84 valence electrons. The summed E-state index contributed by atoms with van der Waals surface area (Å²) in [5, 5.41) is 8.73. The zero-order valence-corrected chi connectivity index (χ0v) is 8.93. The summed E-state index contributed by atoms with van der Waals surface area (Å²) >= 11 is 0. The van der Waals surface area contributed by atoms with Gasteiger partial charge in [-0.15, -0.1) is 0 Å². The van der Waals surface area contributed by atoms with Gasteiger partial charge in [-0.1, -0.05) is 30.3 Å². The molecule has 1 amide bonds. The Kier molecular flexibility index (Phi) is 5.03. The molecule has 1 aromatic rings. The van der Waals surface area contributed by atoms with Gasteiger partial charge >= 0.3 is 0 Å². The van der Waals surface area contributed by atoms with Gasteiger partial charge in [-0.2, -0.15) is 5.26 Å². The van der Waals surface area contributed by atoms with Crippen molar-refractivity contribution < 1.29 is 9.53 Å². The fraction of sp³-hybridized carbons (Fsp3) is 0.333. The molecule has 4 heteroatoms. The summed E-state index contributed by atoms with van der Waals surface area (Å²) in [5.41, 5.74) is 6.05. The van der Waals surface area contributed by atoms with E-state index in [-0.39, 0.29) is 13.0 Å². The second-order valence-corrected chi connectivity index (χ2v) is 3.50. The number of rotatable bonds is 6. The van der Waals surface area contributed by atoms with Gasteiger partial charge in [0.1, 0.15) is 0 Å². The highest BCUT2D eigenvalue weighted by Crippen LogP contribution is 2.05. The molecule has 0 bridgehead atoms. The first-order valence-electron chi connectivity index (χ1n) is 5.02. The maximum Gasteiger partial charge on any atom is 0.218 e. The van der Waals surface area contributed by atoms with Crippen LogP contribution in [0.3, 0.4) is 0 Å². The first-order chi connectivity index (χ1) is 7.72. The van der Waals surface area contributed by atoms with Crippen molar-refractivity contribution in [3.05, 3.63) is 35.9 Å². The predicted molar refractivity (Wildman–Crippen MR) is 59.0 cm³/mol.